The van der Waals surface area contributed by atoms with E-state index in [0.717, 1.165) is 11.1 Å². The normalized spacial score (nSPS) is 17.4. The van der Waals surface area contributed by atoms with Crippen molar-refractivity contribution in [2.24, 2.45) is 0 Å². The summed E-state index contributed by atoms with van der Waals surface area (Å²) in [7, 11) is 0. The molecular formula is C19H19ClN2O3. The summed E-state index contributed by atoms with van der Waals surface area (Å²) < 4.78 is 5.28. The summed E-state index contributed by atoms with van der Waals surface area (Å²) in [6.45, 7) is 0.879. The van der Waals surface area contributed by atoms with Gasteiger partial charge in [0, 0.05) is 18.1 Å². The highest BCUT2D eigenvalue weighted by Gasteiger charge is 2.33. The molecule has 2 amide bonds. The van der Waals surface area contributed by atoms with E-state index in [1.54, 1.807) is 11.0 Å². The van der Waals surface area contributed by atoms with Gasteiger partial charge in [-0.15, -0.1) is 0 Å². The third-order valence-electron chi connectivity index (χ3n) is 4.11. The predicted octanol–water partition coefficient (Wildman–Crippen LogP) is 2.38. The Morgan fingerprint density at radius 3 is 2.64 bits per heavy atom. The van der Waals surface area contributed by atoms with Crippen molar-refractivity contribution in [3.05, 3.63) is 70.7 Å². The van der Waals surface area contributed by atoms with Crippen molar-refractivity contribution in [2.75, 3.05) is 13.2 Å². The maximum Gasteiger partial charge on any atom is 0.249 e. The first-order valence-corrected chi connectivity index (χ1v) is 8.45. The first-order valence-electron chi connectivity index (χ1n) is 8.07. The zero-order valence-electron chi connectivity index (χ0n) is 13.7. The number of ether oxygens (including phenoxy) is 1. The highest BCUT2D eigenvalue weighted by Crippen LogP contribution is 2.16. The summed E-state index contributed by atoms with van der Waals surface area (Å²) in [5.41, 5.74) is 1.80. The minimum atomic E-state index is -0.649. The van der Waals surface area contributed by atoms with Gasteiger partial charge in [-0.25, -0.2) is 0 Å². The van der Waals surface area contributed by atoms with Gasteiger partial charge in [0.2, 0.25) is 11.8 Å². The fraction of sp³-hybridized carbons (Fsp3) is 0.263. The smallest absolute Gasteiger partial charge is 0.249 e. The number of hydrogen-bond acceptors (Lipinski definition) is 3. The molecular weight excluding hydrogens is 340 g/mol. The number of nitrogens with one attached hydrogen (secondary N) is 1. The number of rotatable bonds is 5. The van der Waals surface area contributed by atoms with Crippen LogP contribution in [0.4, 0.5) is 0 Å². The third-order valence-corrected chi connectivity index (χ3v) is 4.48. The molecule has 1 heterocycles. The number of amides is 2. The van der Waals surface area contributed by atoms with Crippen molar-refractivity contribution in [2.45, 2.75) is 19.1 Å². The van der Waals surface area contributed by atoms with E-state index < -0.39 is 6.04 Å². The van der Waals surface area contributed by atoms with Gasteiger partial charge in [-0.05, 0) is 17.2 Å². The summed E-state index contributed by atoms with van der Waals surface area (Å²) >= 11 is 6.11. The molecule has 1 N–H and O–H groups in total. The minimum absolute atomic E-state index is 0.00112. The molecule has 3 rings (SSSR count). The van der Waals surface area contributed by atoms with Crippen LogP contribution >= 0.6 is 11.6 Å². The van der Waals surface area contributed by atoms with Gasteiger partial charge in [-0.3, -0.25) is 9.59 Å². The van der Waals surface area contributed by atoms with Gasteiger partial charge in [-0.1, -0.05) is 60.1 Å². The zero-order valence-corrected chi connectivity index (χ0v) is 14.4. The van der Waals surface area contributed by atoms with E-state index in [1.165, 1.54) is 0 Å². The van der Waals surface area contributed by atoms with Crippen LogP contribution in [-0.2, 0) is 27.4 Å². The molecule has 0 bridgehead atoms. The Morgan fingerprint density at radius 2 is 1.88 bits per heavy atom. The molecule has 130 valence electrons. The number of morpholine rings is 1. The Kier molecular flexibility index (Phi) is 5.68. The van der Waals surface area contributed by atoms with E-state index in [1.807, 2.05) is 48.5 Å². The van der Waals surface area contributed by atoms with Crippen LogP contribution in [0.1, 0.15) is 11.1 Å². The molecule has 1 fully saturated rings. The van der Waals surface area contributed by atoms with Crippen molar-refractivity contribution in [1.82, 2.24) is 10.2 Å². The van der Waals surface area contributed by atoms with Gasteiger partial charge in [0.05, 0.1) is 6.61 Å². The quantitative estimate of drug-likeness (QED) is 0.892. The molecule has 0 unspecified atom stereocenters. The van der Waals surface area contributed by atoms with Gasteiger partial charge in [0.1, 0.15) is 12.6 Å². The Bertz CT molecular complexity index is 751. The number of carbonyl (C=O) groups excluding carboxylic acids is 2. The van der Waals surface area contributed by atoms with E-state index in [4.69, 9.17) is 16.3 Å². The van der Waals surface area contributed by atoms with Crippen molar-refractivity contribution < 1.29 is 14.3 Å². The molecule has 2 aromatic carbocycles. The second-order valence-electron chi connectivity index (χ2n) is 5.85. The lowest BCUT2D eigenvalue weighted by molar-refractivity contribution is -0.155. The molecule has 2 aromatic rings. The molecule has 5 nitrogen and oxygen atoms in total. The van der Waals surface area contributed by atoms with Gasteiger partial charge in [-0.2, -0.15) is 0 Å². The van der Waals surface area contributed by atoms with Crippen molar-refractivity contribution in [3.63, 3.8) is 0 Å². The number of benzene rings is 2. The van der Waals surface area contributed by atoms with Crippen LogP contribution in [0.15, 0.2) is 54.6 Å². The summed E-state index contributed by atoms with van der Waals surface area (Å²) in [5, 5.41) is 3.45. The lowest BCUT2D eigenvalue weighted by atomic mass is 10.1. The molecule has 6 heteroatoms. The molecule has 0 aromatic heterocycles. The van der Waals surface area contributed by atoms with Crippen LogP contribution in [0, 0.1) is 0 Å². The Morgan fingerprint density at radius 1 is 1.16 bits per heavy atom. The van der Waals surface area contributed by atoms with Gasteiger partial charge < -0.3 is 15.0 Å². The Balaban J connectivity index is 1.68. The molecule has 0 saturated carbocycles. The number of hydrogen-bond donors (Lipinski definition) is 1. The van der Waals surface area contributed by atoms with Crippen molar-refractivity contribution in [3.8, 4) is 0 Å². The zero-order chi connectivity index (χ0) is 17.6. The lowest BCUT2D eigenvalue weighted by Crippen LogP contribution is -2.55. The van der Waals surface area contributed by atoms with E-state index in [0.29, 0.717) is 18.1 Å². The highest BCUT2D eigenvalue weighted by molar-refractivity contribution is 6.31. The van der Waals surface area contributed by atoms with E-state index >= 15 is 0 Å². The fourth-order valence-corrected chi connectivity index (χ4v) is 2.94. The molecule has 0 spiro atoms. The topological polar surface area (TPSA) is 58.6 Å². The maximum absolute atomic E-state index is 12.6. The summed E-state index contributed by atoms with van der Waals surface area (Å²) in [4.78, 5) is 26.4. The van der Waals surface area contributed by atoms with Gasteiger partial charge >= 0.3 is 0 Å². The molecule has 0 radical (unpaired) electrons. The largest absolute Gasteiger partial charge is 0.369 e. The lowest BCUT2D eigenvalue weighted by Gasteiger charge is -2.34. The molecule has 1 aliphatic rings. The third kappa shape index (κ3) is 4.38. The Labute approximate surface area is 151 Å². The van der Waals surface area contributed by atoms with Crippen LogP contribution in [0.5, 0.6) is 0 Å². The first kappa shape index (κ1) is 17.5. The van der Waals surface area contributed by atoms with Crippen LogP contribution in [0.2, 0.25) is 5.02 Å². The van der Waals surface area contributed by atoms with Crippen molar-refractivity contribution >= 4 is 23.4 Å². The van der Waals surface area contributed by atoms with Gasteiger partial charge in [0.15, 0.2) is 0 Å². The summed E-state index contributed by atoms with van der Waals surface area (Å²) in [5.74, 6) is -0.433. The average Bonchev–Trinajstić information content (AvgIpc) is 2.63. The van der Waals surface area contributed by atoms with Crippen LogP contribution < -0.4 is 5.32 Å². The summed E-state index contributed by atoms with van der Waals surface area (Å²) in [6, 6.07) is 16.3. The van der Waals surface area contributed by atoms with Crippen LogP contribution in [0.3, 0.4) is 0 Å². The van der Waals surface area contributed by atoms with Gasteiger partial charge in [0.25, 0.3) is 0 Å². The minimum Gasteiger partial charge on any atom is -0.369 e. The molecule has 1 aliphatic heterocycles. The van der Waals surface area contributed by atoms with E-state index in [9.17, 15) is 9.59 Å². The van der Waals surface area contributed by atoms with Crippen LogP contribution in [0.25, 0.3) is 0 Å². The number of halogens is 1. The SMILES string of the molecule is O=C(NCc1ccccc1Cl)[C@H]1COCC(=O)N1Cc1ccccc1. The number of nitrogens with zero attached hydrogens (tertiary/aromatic N) is 1. The van der Waals surface area contributed by atoms with Crippen LogP contribution in [-0.4, -0.2) is 36.0 Å². The monoisotopic (exact) mass is 358 g/mol. The summed E-state index contributed by atoms with van der Waals surface area (Å²) in [6.07, 6.45) is 0. The number of carbonyl (C=O) groups is 2. The fourth-order valence-electron chi connectivity index (χ4n) is 2.74. The van der Waals surface area contributed by atoms with E-state index in [2.05, 4.69) is 5.32 Å². The van der Waals surface area contributed by atoms with Crippen molar-refractivity contribution in [1.29, 1.82) is 0 Å². The Hall–Kier alpha value is -2.37. The molecule has 25 heavy (non-hydrogen) atoms. The molecule has 1 saturated heterocycles. The predicted molar refractivity (Wildman–Crippen MR) is 94.9 cm³/mol. The highest BCUT2D eigenvalue weighted by atomic mass is 35.5. The second kappa shape index (κ2) is 8.14. The van der Waals surface area contributed by atoms with E-state index in [-0.39, 0.29) is 25.0 Å². The molecule has 1 atom stereocenters. The second-order valence-corrected chi connectivity index (χ2v) is 6.25. The molecule has 0 aliphatic carbocycles. The first-order chi connectivity index (χ1) is 12.1. The standard InChI is InChI=1S/C19H19ClN2O3/c20-16-9-5-4-8-15(16)10-21-19(24)17-12-25-13-18(23)22(17)11-14-6-2-1-3-7-14/h1-9,17H,10-13H2,(H,21,24)/t17-/m1/s1. The maximum atomic E-state index is 12.6. The average molecular weight is 359 g/mol.